The van der Waals surface area contributed by atoms with E-state index in [4.69, 9.17) is 4.74 Å². The molecule has 0 saturated carbocycles. The summed E-state index contributed by atoms with van der Waals surface area (Å²) in [6, 6.07) is 10.5. The molecule has 0 saturated heterocycles. The van der Waals surface area contributed by atoms with Gasteiger partial charge in [-0.25, -0.2) is 4.39 Å². The molecule has 0 radical (unpaired) electrons. The first kappa shape index (κ1) is 19.4. The largest absolute Gasteiger partial charge is 0.497 e. The van der Waals surface area contributed by atoms with E-state index in [0.717, 1.165) is 6.20 Å². The molecule has 8 nitrogen and oxygen atoms in total. The van der Waals surface area contributed by atoms with Gasteiger partial charge in [0.15, 0.2) is 5.03 Å². The Morgan fingerprint density at radius 1 is 1.18 bits per heavy atom. The summed E-state index contributed by atoms with van der Waals surface area (Å²) in [7, 11) is -2.65. The zero-order chi connectivity index (χ0) is 20.3. The van der Waals surface area contributed by atoms with E-state index in [9.17, 15) is 17.6 Å². The number of methoxy groups -OCH3 is 1. The van der Waals surface area contributed by atoms with Gasteiger partial charge in [0.1, 0.15) is 11.6 Å². The molecule has 0 aliphatic rings. The number of aromatic amines is 1. The van der Waals surface area contributed by atoms with Crippen molar-refractivity contribution in [3.8, 4) is 5.75 Å². The van der Waals surface area contributed by atoms with E-state index in [1.165, 1.54) is 31.4 Å². The molecule has 0 aliphatic heterocycles. The van der Waals surface area contributed by atoms with Crippen molar-refractivity contribution in [1.29, 1.82) is 0 Å². The van der Waals surface area contributed by atoms with Crippen molar-refractivity contribution in [2.24, 2.45) is 0 Å². The number of H-pyrrole nitrogens is 1. The van der Waals surface area contributed by atoms with Gasteiger partial charge in [0.05, 0.1) is 24.6 Å². The number of nitrogens with one attached hydrogen (secondary N) is 3. The number of carbonyl (C=O) groups is 1. The highest BCUT2D eigenvalue weighted by Crippen LogP contribution is 2.22. The maximum Gasteiger partial charge on any atom is 0.279 e. The van der Waals surface area contributed by atoms with Gasteiger partial charge < -0.3 is 10.1 Å². The summed E-state index contributed by atoms with van der Waals surface area (Å²) in [5, 5.41) is 7.85. The molecule has 0 spiro atoms. The van der Waals surface area contributed by atoms with E-state index in [0.29, 0.717) is 11.3 Å². The minimum absolute atomic E-state index is 0.0664. The highest BCUT2D eigenvalue weighted by Gasteiger charge is 2.25. The third kappa shape index (κ3) is 4.12. The number of nitrogens with zero attached hydrogens (tertiary/aromatic N) is 1. The molecule has 0 atom stereocenters. The number of benzene rings is 2. The zero-order valence-corrected chi connectivity index (χ0v) is 15.8. The second-order valence-electron chi connectivity index (χ2n) is 5.88. The Hall–Kier alpha value is -3.40. The van der Waals surface area contributed by atoms with Crippen molar-refractivity contribution in [1.82, 2.24) is 10.2 Å². The van der Waals surface area contributed by atoms with E-state index >= 15 is 0 Å². The van der Waals surface area contributed by atoms with Crippen molar-refractivity contribution in [2.45, 2.75) is 11.9 Å². The van der Waals surface area contributed by atoms with Crippen LogP contribution in [0.2, 0.25) is 0 Å². The number of sulfonamides is 1. The number of hydrogen-bond donors (Lipinski definition) is 3. The van der Waals surface area contributed by atoms with Crippen molar-refractivity contribution >= 4 is 27.3 Å². The van der Waals surface area contributed by atoms with Crippen LogP contribution < -0.4 is 14.8 Å². The lowest BCUT2D eigenvalue weighted by atomic mass is 10.2. The van der Waals surface area contributed by atoms with Crippen LogP contribution in [0.15, 0.2) is 53.7 Å². The van der Waals surface area contributed by atoms with Gasteiger partial charge in [0.2, 0.25) is 0 Å². The van der Waals surface area contributed by atoms with Crippen molar-refractivity contribution in [3.63, 3.8) is 0 Å². The van der Waals surface area contributed by atoms with Crippen LogP contribution in [0.3, 0.4) is 0 Å². The fourth-order valence-electron chi connectivity index (χ4n) is 2.42. The van der Waals surface area contributed by atoms with Gasteiger partial charge in [-0.15, -0.1) is 0 Å². The summed E-state index contributed by atoms with van der Waals surface area (Å²) in [4.78, 5) is 12.5. The Kier molecular flexibility index (Phi) is 5.32. The van der Waals surface area contributed by atoms with Crippen molar-refractivity contribution in [2.75, 3.05) is 17.1 Å². The average molecular weight is 404 g/mol. The van der Waals surface area contributed by atoms with Crippen molar-refractivity contribution < 1.29 is 22.3 Å². The molecule has 3 N–H and O–H groups in total. The van der Waals surface area contributed by atoms with E-state index in [2.05, 4.69) is 20.2 Å². The number of rotatable bonds is 6. The first-order valence-corrected chi connectivity index (χ1v) is 9.56. The molecule has 3 aromatic rings. The van der Waals surface area contributed by atoms with Crippen LogP contribution in [-0.4, -0.2) is 31.6 Å². The lowest BCUT2D eigenvalue weighted by molar-refractivity contribution is 0.102. The molecule has 1 heterocycles. The van der Waals surface area contributed by atoms with Crippen LogP contribution in [0.1, 0.15) is 15.9 Å². The molecule has 0 bridgehead atoms. The maximum absolute atomic E-state index is 14.0. The van der Waals surface area contributed by atoms with Crippen LogP contribution in [-0.2, 0) is 10.0 Å². The van der Waals surface area contributed by atoms with E-state index in [1.807, 2.05) is 0 Å². The number of hydrogen-bond acceptors (Lipinski definition) is 5. The summed E-state index contributed by atoms with van der Waals surface area (Å²) in [6.07, 6.45) is 1.06. The van der Waals surface area contributed by atoms with Gasteiger partial charge >= 0.3 is 0 Å². The average Bonchev–Trinajstić information content (AvgIpc) is 3.15. The smallest absolute Gasteiger partial charge is 0.279 e. The summed E-state index contributed by atoms with van der Waals surface area (Å²) in [5.41, 5.74) is 0.640. The fraction of sp³-hybridized carbons (Fsp3) is 0.111. The second-order valence-corrected chi connectivity index (χ2v) is 7.50. The number of carbonyl (C=O) groups excluding carboxylic acids is 1. The Morgan fingerprint density at radius 2 is 1.89 bits per heavy atom. The van der Waals surface area contributed by atoms with Gasteiger partial charge in [-0.05, 0) is 48.9 Å². The number of halogens is 1. The standard InChI is InChI=1S/C18H17FN4O4S/c1-11-3-8-16(15(19)9-11)21-17(24)14-10-20-22-18(14)28(25,26)23-12-4-6-13(27-2)7-5-12/h3-10,23H,1-2H3,(H,20,22)(H,21,24). The number of aryl methyl sites for hydroxylation is 1. The third-order valence-electron chi connectivity index (χ3n) is 3.83. The van der Waals surface area contributed by atoms with Gasteiger partial charge in [0, 0.05) is 5.69 Å². The predicted octanol–water partition coefficient (Wildman–Crippen LogP) is 2.92. The quantitative estimate of drug-likeness (QED) is 0.585. The molecule has 28 heavy (non-hydrogen) atoms. The molecule has 0 unspecified atom stereocenters. The zero-order valence-electron chi connectivity index (χ0n) is 15.0. The molecule has 3 rings (SSSR count). The maximum atomic E-state index is 14.0. The van der Waals surface area contributed by atoms with Gasteiger partial charge in [-0.3, -0.25) is 14.6 Å². The lowest BCUT2D eigenvalue weighted by Gasteiger charge is -2.10. The molecule has 2 aromatic carbocycles. The topological polar surface area (TPSA) is 113 Å². The fourth-order valence-corrected chi connectivity index (χ4v) is 3.57. The number of ether oxygens (including phenoxy) is 1. The molecule has 1 aromatic heterocycles. The van der Waals surface area contributed by atoms with Crippen LogP contribution in [0.4, 0.5) is 15.8 Å². The first-order chi connectivity index (χ1) is 13.3. The van der Waals surface area contributed by atoms with E-state index < -0.39 is 26.8 Å². The minimum atomic E-state index is -4.14. The third-order valence-corrected chi connectivity index (χ3v) is 5.19. The molecule has 1 amide bonds. The number of anilines is 2. The Morgan fingerprint density at radius 3 is 2.54 bits per heavy atom. The Bertz CT molecular complexity index is 1110. The van der Waals surface area contributed by atoms with E-state index in [1.54, 1.807) is 25.1 Å². The van der Waals surface area contributed by atoms with Crippen LogP contribution in [0, 0.1) is 12.7 Å². The van der Waals surface area contributed by atoms with Gasteiger partial charge in [-0.1, -0.05) is 6.07 Å². The normalized spacial score (nSPS) is 11.1. The van der Waals surface area contributed by atoms with Crippen LogP contribution in [0.25, 0.3) is 0 Å². The number of aromatic nitrogens is 2. The van der Waals surface area contributed by atoms with E-state index in [-0.39, 0.29) is 16.9 Å². The summed E-state index contributed by atoms with van der Waals surface area (Å²) in [5.74, 6) is -0.881. The summed E-state index contributed by atoms with van der Waals surface area (Å²) >= 11 is 0. The Balaban J connectivity index is 1.83. The first-order valence-electron chi connectivity index (χ1n) is 8.08. The lowest BCUT2D eigenvalue weighted by Crippen LogP contribution is -2.20. The molecule has 10 heteroatoms. The minimum Gasteiger partial charge on any atom is -0.497 e. The Labute approximate surface area is 160 Å². The molecule has 0 aliphatic carbocycles. The molecule has 146 valence electrons. The van der Waals surface area contributed by atoms with Gasteiger partial charge in [-0.2, -0.15) is 13.5 Å². The van der Waals surface area contributed by atoms with Gasteiger partial charge in [0.25, 0.3) is 15.9 Å². The van der Waals surface area contributed by atoms with Crippen LogP contribution in [0.5, 0.6) is 5.75 Å². The highest BCUT2D eigenvalue weighted by molar-refractivity contribution is 7.92. The monoisotopic (exact) mass is 404 g/mol. The highest BCUT2D eigenvalue weighted by atomic mass is 32.2. The molecule has 0 fully saturated rings. The molecular formula is C18H17FN4O4S. The number of amides is 1. The van der Waals surface area contributed by atoms with Crippen LogP contribution >= 0.6 is 0 Å². The SMILES string of the molecule is COc1ccc(NS(=O)(=O)c2[nH]ncc2C(=O)Nc2ccc(C)cc2F)cc1. The predicted molar refractivity (Wildman–Crippen MR) is 101 cm³/mol. The van der Waals surface area contributed by atoms with Crippen molar-refractivity contribution in [3.05, 3.63) is 65.6 Å². The summed E-state index contributed by atoms with van der Waals surface area (Å²) < 4.78 is 46.6. The second kappa shape index (κ2) is 7.69. The summed E-state index contributed by atoms with van der Waals surface area (Å²) in [6.45, 7) is 1.71. The molecular weight excluding hydrogens is 387 g/mol.